The second kappa shape index (κ2) is 5.62. The van der Waals surface area contributed by atoms with Gasteiger partial charge < -0.3 is 10.5 Å². The molecule has 0 radical (unpaired) electrons. The molecule has 0 fully saturated rings. The molecule has 0 amide bonds. The fraction of sp³-hybridized carbons (Fsp3) is 0.154. The van der Waals surface area contributed by atoms with Gasteiger partial charge in [-0.05, 0) is 25.1 Å². The van der Waals surface area contributed by atoms with Crippen LogP contribution in [0.15, 0.2) is 36.5 Å². The van der Waals surface area contributed by atoms with Crippen LogP contribution >= 0.6 is 0 Å². The van der Waals surface area contributed by atoms with Crippen LogP contribution in [0.2, 0.25) is 0 Å². The number of rotatable bonds is 4. The van der Waals surface area contributed by atoms with Crippen molar-refractivity contribution >= 4 is 5.69 Å². The van der Waals surface area contributed by atoms with Crippen molar-refractivity contribution in [3.8, 4) is 11.5 Å². The molecule has 1 atom stereocenters. The van der Waals surface area contributed by atoms with E-state index in [-0.39, 0.29) is 11.8 Å². The summed E-state index contributed by atoms with van der Waals surface area (Å²) in [7, 11) is 0. The number of pyridine rings is 1. The predicted molar refractivity (Wildman–Crippen MR) is 70.0 cm³/mol. The lowest BCUT2D eigenvalue weighted by Gasteiger charge is -2.08. The Morgan fingerprint density at radius 1 is 1.40 bits per heavy atom. The summed E-state index contributed by atoms with van der Waals surface area (Å²) in [6.07, 6.45) is 1.34. The van der Waals surface area contributed by atoms with Gasteiger partial charge in [0.25, 0.3) is 0 Å². The molecule has 2 rings (SSSR count). The number of nitro groups is 1. The van der Waals surface area contributed by atoms with Gasteiger partial charge in [-0.3, -0.25) is 15.1 Å². The summed E-state index contributed by atoms with van der Waals surface area (Å²) in [6.45, 7) is 1.77. The second-order valence-electron chi connectivity index (χ2n) is 4.15. The lowest BCUT2D eigenvalue weighted by atomic mass is 10.2. The maximum absolute atomic E-state index is 13.6. The largest absolute Gasteiger partial charge is 0.445 e. The van der Waals surface area contributed by atoms with Crippen molar-refractivity contribution in [1.29, 1.82) is 0 Å². The van der Waals surface area contributed by atoms with Gasteiger partial charge in [-0.15, -0.1) is 0 Å². The number of hydrogen-bond donors (Lipinski definition) is 1. The highest BCUT2D eigenvalue weighted by atomic mass is 19.1. The summed E-state index contributed by atoms with van der Waals surface area (Å²) in [6, 6.07) is 6.41. The Labute approximate surface area is 114 Å². The predicted octanol–water partition coefficient (Wildman–Crippen LogP) is 2.94. The Morgan fingerprint density at radius 2 is 2.15 bits per heavy atom. The Kier molecular flexibility index (Phi) is 3.90. The molecule has 104 valence electrons. The van der Waals surface area contributed by atoms with Crippen molar-refractivity contribution in [2.24, 2.45) is 5.73 Å². The first kappa shape index (κ1) is 13.9. The number of nitrogens with zero attached hydrogens (tertiary/aromatic N) is 2. The van der Waals surface area contributed by atoms with Crippen molar-refractivity contribution < 1.29 is 14.1 Å². The van der Waals surface area contributed by atoms with Crippen LogP contribution in [0.25, 0.3) is 0 Å². The molecule has 2 aromatic rings. The summed E-state index contributed by atoms with van der Waals surface area (Å²) in [5.74, 6) is -1.05. The molecule has 0 aliphatic heterocycles. The third kappa shape index (κ3) is 2.89. The first-order chi connectivity index (χ1) is 9.49. The molecule has 1 aromatic heterocycles. The molecule has 0 saturated carbocycles. The van der Waals surface area contributed by atoms with E-state index in [1.165, 1.54) is 24.4 Å². The first-order valence-electron chi connectivity index (χ1n) is 5.81. The molecule has 6 nitrogen and oxygen atoms in total. The molecule has 0 saturated heterocycles. The first-order valence-corrected chi connectivity index (χ1v) is 5.81. The number of nitrogens with two attached hydrogens (primary N) is 1. The van der Waals surface area contributed by atoms with Crippen LogP contribution in [0, 0.1) is 15.9 Å². The maximum Gasteiger partial charge on any atom is 0.314 e. The molecule has 0 aliphatic carbocycles. The van der Waals surface area contributed by atoms with E-state index in [1.807, 2.05) is 0 Å². The average molecular weight is 277 g/mol. The summed E-state index contributed by atoms with van der Waals surface area (Å²) >= 11 is 0. The van der Waals surface area contributed by atoms with Crippen molar-refractivity contribution in [2.45, 2.75) is 13.0 Å². The lowest BCUT2D eigenvalue weighted by molar-refractivity contribution is -0.385. The summed E-state index contributed by atoms with van der Waals surface area (Å²) in [5.41, 5.74) is 5.85. The van der Waals surface area contributed by atoms with E-state index in [9.17, 15) is 14.5 Å². The molecule has 0 bridgehead atoms. The number of benzene rings is 1. The van der Waals surface area contributed by atoms with E-state index in [4.69, 9.17) is 10.5 Å². The van der Waals surface area contributed by atoms with Crippen LogP contribution in [0.1, 0.15) is 18.7 Å². The standard InChI is InChI=1S/C13H12FN3O3/c1-8(15)11-6-5-9(7-16-11)20-13-10(14)3-2-4-12(13)17(18)19/h2-8H,15H2,1H3/t8-/m1/s1. The Bertz CT molecular complexity index is 629. The van der Waals surface area contributed by atoms with Gasteiger partial charge in [0, 0.05) is 12.1 Å². The number of nitro benzene ring substituents is 1. The highest BCUT2D eigenvalue weighted by Gasteiger charge is 2.20. The van der Waals surface area contributed by atoms with Crippen LogP contribution in [0.4, 0.5) is 10.1 Å². The van der Waals surface area contributed by atoms with Gasteiger partial charge in [0.1, 0.15) is 5.75 Å². The minimum Gasteiger partial charge on any atom is -0.445 e. The molecule has 2 N–H and O–H groups in total. The van der Waals surface area contributed by atoms with E-state index in [0.717, 1.165) is 6.07 Å². The number of ether oxygens (including phenoxy) is 1. The molecule has 0 spiro atoms. The topological polar surface area (TPSA) is 91.3 Å². The second-order valence-corrected chi connectivity index (χ2v) is 4.15. The monoisotopic (exact) mass is 277 g/mol. The van der Waals surface area contributed by atoms with E-state index in [2.05, 4.69) is 4.98 Å². The van der Waals surface area contributed by atoms with Crippen LogP contribution < -0.4 is 10.5 Å². The average Bonchev–Trinajstić information content (AvgIpc) is 2.41. The highest BCUT2D eigenvalue weighted by Crippen LogP contribution is 2.33. The van der Waals surface area contributed by atoms with Gasteiger partial charge in [-0.25, -0.2) is 4.39 Å². The number of hydrogen-bond acceptors (Lipinski definition) is 5. The van der Waals surface area contributed by atoms with Crippen LogP contribution in [-0.4, -0.2) is 9.91 Å². The van der Waals surface area contributed by atoms with Crippen molar-refractivity contribution in [2.75, 3.05) is 0 Å². The molecule has 1 heterocycles. The number of para-hydroxylation sites is 1. The van der Waals surface area contributed by atoms with Gasteiger partial charge >= 0.3 is 5.69 Å². The van der Waals surface area contributed by atoms with Gasteiger partial charge in [0.05, 0.1) is 16.8 Å². The van der Waals surface area contributed by atoms with Crippen LogP contribution in [0.5, 0.6) is 11.5 Å². The quantitative estimate of drug-likeness (QED) is 0.685. The van der Waals surface area contributed by atoms with Crippen LogP contribution in [0.3, 0.4) is 0 Å². The molecule has 7 heteroatoms. The molecule has 0 unspecified atom stereocenters. The number of halogens is 1. The highest BCUT2D eigenvalue weighted by molar-refractivity contribution is 5.49. The Balaban J connectivity index is 2.32. The minimum absolute atomic E-state index is 0.197. The zero-order valence-corrected chi connectivity index (χ0v) is 10.6. The van der Waals surface area contributed by atoms with E-state index < -0.39 is 22.2 Å². The number of aromatic nitrogens is 1. The summed E-state index contributed by atoms with van der Waals surface area (Å²) < 4.78 is 18.9. The van der Waals surface area contributed by atoms with E-state index in [0.29, 0.717) is 5.69 Å². The SMILES string of the molecule is C[C@@H](N)c1ccc(Oc2c(F)cccc2[N+](=O)[O-])cn1. The minimum atomic E-state index is -0.810. The third-order valence-electron chi connectivity index (χ3n) is 2.59. The zero-order valence-electron chi connectivity index (χ0n) is 10.6. The molecular weight excluding hydrogens is 265 g/mol. The van der Waals surface area contributed by atoms with Gasteiger partial charge in [-0.2, -0.15) is 0 Å². The Morgan fingerprint density at radius 3 is 2.70 bits per heavy atom. The zero-order chi connectivity index (χ0) is 14.7. The fourth-order valence-electron chi connectivity index (χ4n) is 1.58. The molecule has 1 aromatic carbocycles. The van der Waals surface area contributed by atoms with Crippen molar-refractivity contribution in [3.05, 3.63) is 58.2 Å². The molecule has 20 heavy (non-hydrogen) atoms. The summed E-state index contributed by atoms with van der Waals surface area (Å²) in [4.78, 5) is 14.2. The van der Waals surface area contributed by atoms with Gasteiger partial charge in [0.15, 0.2) is 5.82 Å². The Hall–Kier alpha value is -2.54. The normalized spacial score (nSPS) is 11.9. The van der Waals surface area contributed by atoms with Crippen molar-refractivity contribution in [3.63, 3.8) is 0 Å². The fourth-order valence-corrected chi connectivity index (χ4v) is 1.58. The van der Waals surface area contributed by atoms with E-state index >= 15 is 0 Å². The summed E-state index contributed by atoms with van der Waals surface area (Å²) in [5, 5.41) is 10.8. The van der Waals surface area contributed by atoms with E-state index in [1.54, 1.807) is 13.0 Å². The third-order valence-corrected chi connectivity index (χ3v) is 2.59. The molecular formula is C13H12FN3O3. The van der Waals surface area contributed by atoms with Gasteiger partial charge in [-0.1, -0.05) is 6.07 Å². The lowest BCUT2D eigenvalue weighted by Crippen LogP contribution is -2.06. The van der Waals surface area contributed by atoms with Crippen molar-refractivity contribution in [1.82, 2.24) is 4.98 Å². The smallest absolute Gasteiger partial charge is 0.314 e. The molecule has 0 aliphatic rings. The maximum atomic E-state index is 13.6. The van der Waals surface area contributed by atoms with Crippen LogP contribution in [-0.2, 0) is 0 Å². The van der Waals surface area contributed by atoms with Gasteiger partial charge in [0.2, 0.25) is 5.75 Å².